The van der Waals surface area contributed by atoms with Crippen LogP contribution in [0.25, 0.3) is 0 Å². The van der Waals surface area contributed by atoms with E-state index in [1.165, 1.54) is 18.9 Å². The molecular weight excluding hydrogens is 392 g/mol. The highest BCUT2D eigenvalue weighted by Crippen LogP contribution is 2.39. The molecule has 31 heavy (non-hydrogen) atoms. The van der Waals surface area contributed by atoms with Crippen molar-refractivity contribution in [3.8, 4) is 0 Å². The van der Waals surface area contributed by atoms with Gasteiger partial charge in [-0.05, 0) is 92.9 Å². The van der Waals surface area contributed by atoms with Crippen molar-refractivity contribution in [2.45, 2.75) is 70.9 Å². The van der Waals surface area contributed by atoms with Crippen molar-refractivity contribution < 1.29 is 18.4 Å². The lowest BCUT2D eigenvalue weighted by Crippen LogP contribution is -2.44. The van der Waals surface area contributed by atoms with Crippen LogP contribution in [0.15, 0.2) is 45.6 Å². The number of amides is 2. The number of hydrogen-bond donors (Lipinski definition) is 2. The van der Waals surface area contributed by atoms with Crippen LogP contribution in [-0.2, 0) is 0 Å². The van der Waals surface area contributed by atoms with Crippen LogP contribution in [0.2, 0.25) is 0 Å². The van der Waals surface area contributed by atoms with Gasteiger partial charge in [-0.3, -0.25) is 9.59 Å². The second-order valence-corrected chi connectivity index (χ2v) is 9.66. The van der Waals surface area contributed by atoms with E-state index in [2.05, 4.69) is 24.5 Å². The minimum Gasteiger partial charge on any atom is -0.459 e. The second-order valence-electron chi connectivity index (χ2n) is 9.66. The molecule has 2 aliphatic rings. The largest absolute Gasteiger partial charge is 0.459 e. The number of carbonyl (C=O) groups is 2. The Bertz CT molecular complexity index is 775. The van der Waals surface area contributed by atoms with Crippen molar-refractivity contribution in [1.29, 1.82) is 0 Å². The normalized spacial score (nSPS) is 31.2. The van der Waals surface area contributed by atoms with Gasteiger partial charge in [0.1, 0.15) is 0 Å². The topological polar surface area (TPSA) is 84.5 Å². The van der Waals surface area contributed by atoms with E-state index >= 15 is 0 Å². The molecular formula is C25H34N2O4. The van der Waals surface area contributed by atoms with Gasteiger partial charge in [0.15, 0.2) is 11.5 Å². The van der Waals surface area contributed by atoms with Crippen molar-refractivity contribution in [3.63, 3.8) is 0 Å². The van der Waals surface area contributed by atoms with Gasteiger partial charge in [-0.1, -0.05) is 13.8 Å². The number of carbonyl (C=O) groups excluding carboxylic acids is 2. The summed E-state index contributed by atoms with van der Waals surface area (Å²) in [4.78, 5) is 24.6. The molecule has 2 saturated carbocycles. The lowest BCUT2D eigenvalue weighted by molar-refractivity contribution is 0.0841. The predicted octanol–water partition coefficient (Wildman–Crippen LogP) is 5.03. The maximum Gasteiger partial charge on any atom is 0.287 e. The quantitative estimate of drug-likeness (QED) is 0.678. The lowest BCUT2D eigenvalue weighted by atomic mass is 9.70. The summed E-state index contributed by atoms with van der Waals surface area (Å²) in [5.74, 6) is 2.95. The predicted molar refractivity (Wildman–Crippen MR) is 118 cm³/mol. The van der Waals surface area contributed by atoms with Crippen LogP contribution in [-0.4, -0.2) is 23.9 Å². The highest BCUT2D eigenvalue weighted by molar-refractivity contribution is 5.92. The Labute approximate surface area is 184 Å². The van der Waals surface area contributed by atoms with Gasteiger partial charge in [0.2, 0.25) is 0 Å². The Morgan fingerprint density at radius 2 is 1.26 bits per heavy atom. The fraction of sp³-hybridized carbons (Fsp3) is 0.600. The molecule has 0 unspecified atom stereocenters. The summed E-state index contributed by atoms with van der Waals surface area (Å²) in [6.45, 7) is 4.51. The van der Waals surface area contributed by atoms with E-state index in [1.54, 1.807) is 24.3 Å². The first-order valence-electron chi connectivity index (χ1n) is 11.7. The second kappa shape index (κ2) is 9.75. The summed E-state index contributed by atoms with van der Waals surface area (Å²) in [5, 5.41) is 6.31. The molecule has 2 amide bonds. The molecule has 6 nitrogen and oxygen atoms in total. The molecule has 168 valence electrons. The summed E-state index contributed by atoms with van der Waals surface area (Å²) in [7, 11) is 0. The third-order valence-corrected chi connectivity index (χ3v) is 7.35. The molecule has 0 aliphatic heterocycles. The molecule has 2 aromatic rings. The third kappa shape index (κ3) is 5.41. The summed E-state index contributed by atoms with van der Waals surface area (Å²) in [6, 6.07) is 7.35. The van der Waals surface area contributed by atoms with Crippen molar-refractivity contribution in [2.24, 2.45) is 23.7 Å². The molecule has 2 aliphatic carbocycles. The van der Waals surface area contributed by atoms with Crippen molar-refractivity contribution in [3.05, 3.63) is 48.3 Å². The number of furan rings is 2. The average molecular weight is 427 g/mol. The molecule has 0 spiro atoms. The van der Waals surface area contributed by atoms with Crippen LogP contribution in [0.4, 0.5) is 0 Å². The summed E-state index contributed by atoms with van der Waals surface area (Å²) < 4.78 is 10.4. The van der Waals surface area contributed by atoms with E-state index in [4.69, 9.17) is 8.83 Å². The van der Waals surface area contributed by atoms with Gasteiger partial charge >= 0.3 is 0 Å². The van der Waals surface area contributed by atoms with E-state index in [9.17, 15) is 9.59 Å². The van der Waals surface area contributed by atoms with Gasteiger partial charge in [-0.25, -0.2) is 0 Å². The third-order valence-electron chi connectivity index (χ3n) is 7.35. The Balaban J connectivity index is 1.21. The van der Waals surface area contributed by atoms with Gasteiger partial charge in [0.05, 0.1) is 12.5 Å². The van der Waals surface area contributed by atoms with Crippen molar-refractivity contribution >= 4 is 11.8 Å². The summed E-state index contributed by atoms with van der Waals surface area (Å²) >= 11 is 0. The first-order valence-corrected chi connectivity index (χ1v) is 11.7. The Kier molecular flexibility index (Phi) is 6.83. The van der Waals surface area contributed by atoms with E-state index in [0.29, 0.717) is 23.4 Å². The maximum atomic E-state index is 12.3. The highest BCUT2D eigenvalue weighted by Gasteiger charge is 2.34. The standard InChI is InChI=1S/C25H34N2O4/c1-16-13-18(7-9-20(16)26-24(28)22-5-3-11-30-22)15-19-8-10-21(17(2)14-19)27-25(29)23-6-4-12-31-23/h3-6,11-12,16-21H,7-10,13-15H2,1-2H3,(H,26,28)(H,27,29)/t16-,17-,18-,19-,20+,21+/m1/s1. The summed E-state index contributed by atoms with van der Waals surface area (Å²) in [6.07, 6.45) is 11.0. The SMILES string of the molecule is C[C@@H]1C[C@H](C[C@@H]2CC[C@H](NC(=O)c3ccco3)[C@H](C)C2)CC[C@@H]1NC(=O)c1ccco1. The first kappa shape index (κ1) is 21.7. The zero-order chi connectivity index (χ0) is 21.8. The molecule has 0 radical (unpaired) electrons. The zero-order valence-electron chi connectivity index (χ0n) is 18.5. The van der Waals surface area contributed by atoms with Gasteiger partial charge in [-0.15, -0.1) is 0 Å². The van der Waals surface area contributed by atoms with E-state index < -0.39 is 0 Å². The molecule has 2 fully saturated rings. The number of hydrogen-bond acceptors (Lipinski definition) is 4. The molecule has 2 heterocycles. The van der Waals surface area contributed by atoms with Crippen LogP contribution in [0.3, 0.4) is 0 Å². The molecule has 0 bridgehead atoms. The average Bonchev–Trinajstić information content (AvgIpc) is 3.46. The lowest BCUT2D eigenvalue weighted by Gasteiger charge is -2.39. The van der Waals surface area contributed by atoms with Gasteiger partial charge < -0.3 is 19.5 Å². The van der Waals surface area contributed by atoms with Crippen molar-refractivity contribution in [1.82, 2.24) is 10.6 Å². The summed E-state index contributed by atoms with van der Waals surface area (Å²) in [5.41, 5.74) is 0. The molecule has 0 saturated heterocycles. The smallest absolute Gasteiger partial charge is 0.287 e. The Morgan fingerprint density at radius 1 is 0.806 bits per heavy atom. The fourth-order valence-corrected chi connectivity index (χ4v) is 5.64. The molecule has 2 N–H and O–H groups in total. The van der Waals surface area contributed by atoms with Crippen LogP contribution >= 0.6 is 0 Å². The molecule has 0 aromatic carbocycles. The fourth-order valence-electron chi connectivity index (χ4n) is 5.64. The minimum atomic E-state index is -0.107. The highest BCUT2D eigenvalue weighted by atomic mass is 16.3. The number of rotatable bonds is 6. The maximum absolute atomic E-state index is 12.3. The van der Waals surface area contributed by atoms with E-state index in [0.717, 1.165) is 50.4 Å². The van der Waals surface area contributed by atoms with E-state index in [-0.39, 0.29) is 23.9 Å². The van der Waals surface area contributed by atoms with Gasteiger partial charge in [0, 0.05) is 12.1 Å². The van der Waals surface area contributed by atoms with Gasteiger partial charge in [-0.2, -0.15) is 0 Å². The Hall–Kier alpha value is -2.50. The van der Waals surface area contributed by atoms with Crippen molar-refractivity contribution in [2.75, 3.05) is 0 Å². The minimum absolute atomic E-state index is 0.107. The van der Waals surface area contributed by atoms with Crippen LogP contribution in [0.5, 0.6) is 0 Å². The molecule has 6 heteroatoms. The first-order chi connectivity index (χ1) is 15.0. The zero-order valence-corrected chi connectivity index (χ0v) is 18.5. The van der Waals surface area contributed by atoms with E-state index in [1.807, 2.05) is 0 Å². The monoisotopic (exact) mass is 426 g/mol. The number of nitrogens with one attached hydrogen (secondary N) is 2. The van der Waals surface area contributed by atoms with Crippen LogP contribution in [0, 0.1) is 23.7 Å². The molecule has 6 atom stereocenters. The molecule has 2 aromatic heterocycles. The Morgan fingerprint density at radius 3 is 1.61 bits per heavy atom. The van der Waals surface area contributed by atoms with Crippen LogP contribution < -0.4 is 10.6 Å². The molecule has 4 rings (SSSR count). The van der Waals surface area contributed by atoms with Crippen LogP contribution in [0.1, 0.15) is 79.9 Å². The van der Waals surface area contributed by atoms with Gasteiger partial charge in [0.25, 0.3) is 11.8 Å².